The van der Waals surface area contributed by atoms with E-state index in [4.69, 9.17) is 101 Å². The van der Waals surface area contributed by atoms with E-state index < -0.39 is 83.5 Å². The molecule has 0 spiro atoms. The van der Waals surface area contributed by atoms with Crippen molar-refractivity contribution >= 4 is 179 Å². The van der Waals surface area contributed by atoms with Gasteiger partial charge in [0.2, 0.25) is 13.6 Å². The predicted molar refractivity (Wildman–Crippen MR) is 458 cm³/mol. The van der Waals surface area contributed by atoms with Crippen LogP contribution in [-0.2, 0) is 19.1 Å². The maximum Gasteiger partial charge on any atom is 0.442 e. The van der Waals surface area contributed by atoms with Crippen molar-refractivity contribution in [3.63, 3.8) is 0 Å². The molecule has 0 unspecified atom stereocenters. The lowest BCUT2D eigenvalue weighted by Crippen LogP contribution is -2.58. The average molecular weight is 1880 g/mol. The number of alkyl halides is 4. The Bertz CT molecular complexity index is 5000. The van der Waals surface area contributed by atoms with E-state index in [1.807, 2.05) is 25.9 Å². The van der Waals surface area contributed by atoms with Crippen LogP contribution in [0.5, 0.6) is 11.5 Å². The first-order chi connectivity index (χ1) is 54.7. The summed E-state index contributed by atoms with van der Waals surface area (Å²) in [5.41, 5.74) is 4.46. The summed E-state index contributed by atoms with van der Waals surface area (Å²) in [5, 5.41) is 51.5. The smallest absolute Gasteiger partial charge is 0.442 e. The third-order valence-corrected chi connectivity index (χ3v) is 17.0. The number of aromatic nitrogens is 3. The highest BCUT2D eigenvalue weighted by Crippen LogP contribution is 2.34. The number of aliphatic imine (C=N–C) groups is 1. The molecule has 0 saturated carbocycles. The van der Waals surface area contributed by atoms with Crippen LogP contribution in [0.1, 0.15) is 126 Å². The lowest BCUT2D eigenvalue weighted by Gasteiger charge is -2.39. The monoisotopic (exact) mass is 1880 g/mol. The molecule has 5 heterocycles. The van der Waals surface area contributed by atoms with Gasteiger partial charge >= 0.3 is 29.5 Å². The number of fused-ring (bicyclic) bond motifs is 3. The first kappa shape index (κ1) is 102. The number of aromatic amines is 2. The number of carbonyl (C=O) groups is 4. The lowest BCUT2D eigenvalue weighted by molar-refractivity contribution is -0.125. The number of phenols is 2. The standard InChI is InChI=1S/C24H32FN5O3.C16H30N4O.C10H10FNO3S.2C8H4FNO2S.C6H5FO.C4H5NO2S.CCl3I/c1-5-10-30-11-8-24(15-26,9-12-30)29-21(31)18(14-23(2,3)4)27-20-17-7-6-16(25)13-19(17)33-22(32)28-20;1-5-8-20-9-6-16(12-17,7-10-20)19-14(21)13(18)11-15(2,3)4;1-2-15-10(14)12-9(16)7-4-3-6(13)5-8(7)11;2*9-4-1-2-5-6(3-4)12-8(11)10-7(5)13;7-5-2-1-3-6(8)4-5;1-2-7-4(6)5-3-8;2-1(3,4)5/h6-7,13,18H,5,8-12,14H2,1-4H3,(H,29,31)(H,27,28,32);13H,5-11,18H2,1-4H3,(H,19,21);3-5,13H,2H2,1H3,(H,12,14,16);2*1-3H,(H,10,11,13);1-4,8H;2H2,1H3;/t18-;13-;;;;;;/m00....../s1. The van der Waals surface area contributed by atoms with Gasteiger partial charge in [-0.15, -0.1) is 4.99 Å². The van der Waals surface area contributed by atoms with Crippen molar-refractivity contribution in [1.29, 1.82) is 10.5 Å². The highest BCUT2D eigenvalue weighted by Gasteiger charge is 2.40. The maximum absolute atomic E-state index is 13.6. The molecule has 27 nitrogen and oxygen atoms in total. The van der Waals surface area contributed by atoms with Gasteiger partial charge in [0.25, 0.3) is 0 Å². The number of ether oxygens (including phenoxy) is 2. The van der Waals surface area contributed by atoms with Gasteiger partial charge in [-0.2, -0.15) is 15.5 Å². The molecular weight excluding hydrogens is 1790 g/mol. The normalized spacial score (nSPS) is 13.9. The number of isothiocyanates is 1. The number of alkyl carbamates (subject to hydrolysis) is 1. The van der Waals surface area contributed by atoms with Gasteiger partial charge in [0, 0.05) is 62.1 Å². The fourth-order valence-electron chi connectivity index (χ4n) is 10.8. The zero-order valence-corrected chi connectivity index (χ0v) is 73.0. The first-order valence-corrected chi connectivity index (χ1v) is 39.7. The van der Waals surface area contributed by atoms with Gasteiger partial charge in [-0.25, -0.2) is 45.9 Å². The minimum atomic E-state index is -1.11. The largest absolute Gasteiger partial charge is 0.508 e. The third kappa shape index (κ3) is 39.0. The second kappa shape index (κ2) is 49.4. The summed E-state index contributed by atoms with van der Waals surface area (Å²) in [6.45, 7) is 25.5. The molecule has 2 aliphatic rings. The fraction of sp³-hybridized carbons (Fsp3) is 0.429. The van der Waals surface area contributed by atoms with E-state index in [2.05, 4.69) is 119 Å². The molecule has 5 aromatic carbocycles. The number of hydrogen-bond donors (Lipinski definition) is 9. The number of benzene rings is 5. The molecule has 0 aliphatic carbocycles. The predicted octanol–water partition coefficient (Wildman–Crippen LogP) is 16.5. The summed E-state index contributed by atoms with van der Waals surface area (Å²) < 4.78 is 87.1. The molecule has 4 amide bonds. The molecule has 10 N–H and O–H groups in total. The first-order valence-electron chi connectivity index (χ1n) is 35.8. The number of halogens is 9. The number of piperidine rings is 2. The second-order valence-electron chi connectivity index (χ2n) is 28.0. The Morgan fingerprint density at radius 3 is 1.48 bits per heavy atom. The van der Waals surface area contributed by atoms with Crippen LogP contribution < -0.4 is 44.3 Å². The van der Waals surface area contributed by atoms with Gasteiger partial charge in [0.1, 0.15) is 94.5 Å². The Hall–Kier alpha value is -8.96. The van der Waals surface area contributed by atoms with Gasteiger partial charge in [-0.05, 0) is 185 Å². The van der Waals surface area contributed by atoms with Crippen LogP contribution in [0.3, 0.4) is 0 Å². The van der Waals surface area contributed by atoms with Crippen molar-refractivity contribution in [2.75, 3.05) is 57.8 Å². The Morgan fingerprint density at radius 1 is 0.658 bits per heavy atom. The van der Waals surface area contributed by atoms with E-state index in [0.29, 0.717) is 61.3 Å². The summed E-state index contributed by atoms with van der Waals surface area (Å²) in [6.07, 6.45) is 4.23. The maximum atomic E-state index is 13.6. The number of nitrogens with two attached hydrogens (primary N) is 1. The summed E-state index contributed by atoms with van der Waals surface area (Å²) >= 11 is 35.4. The van der Waals surface area contributed by atoms with Crippen molar-refractivity contribution in [3.05, 3.63) is 173 Å². The van der Waals surface area contributed by atoms with E-state index in [9.17, 15) is 66.0 Å². The van der Waals surface area contributed by atoms with Crippen LogP contribution >= 0.6 is 106 Å². The number of hydrogen-bond acceptors (Lipinski definition) is 25. The molecule has 0 radical (unpaired) electrons. The molecule has 8 aromatic rings. The molecule has 40 heteroatoms. The van der Waals surface area contributed by atoms with Crippen LogP contribution in [0.2, 0.25) is 0 Å². The number of H-pyrrole nitrogens is 2. The zero-order valence-electron chi connectivity index (χ0n) is 65.3. The molecule has 2 atom stereocenters. The number of anilines is 1. The van der Waals surface area contributed by atoms with E-state index in [1.54, 1.807) is 36.4 Å². The Balaban J connectivity index is 0.000000368. The van der Waals surface area contributed by atoms with E-state index >= 15 is 0 Å². The Kier molecular flexibility index (Phi) is 43.2. The van der Waals surface area contributed by atoms with E-state index in [0.717, 1.165) is 82.4 Å². The van der Waals surface area contributed by atoms with Crippen LogP contribution in [0, 0.1) is 71.9 Å². The number of nitriles is 2. The summed E-state index contributed by atoms with van der Waals surface area (Å²) in [7, 11) is 0. The number of nitrogens with one attached hydrogen (secondary N) is 6. The quantitative estimate of drug-likeness (QED) is 0.0151. The third-order valence-electron chi connectivity index (χ3n) is 16.0. The molecule has 117 heavy (non-hydrogen) atoms. The Labute approximate surface area is 720 Å². The molecule has 2 fully saturated rings. The van der Waals surface area contributed by atoms with Crippen molar-refractivity contribution in [3.8, 4) is 23.6 Å². The summed E-state index contributed by atoms with van der Waals surface area (Å²) in [6, 6.07) is 23.5. The van der Waals surface area contributed by atoms with Crippen LogP contribution in [-0.4, -0.2) is 147 Å². The summed E-state index contributed by atoms with van der Waals surface area (Å²) in [4.78, 5) is 96.4. The fourth-order valence-corrected chi connectivity index (χ4v) is 11.6. The Morgan fingerprint density at radius 2 is 1.09 bits per heavy atom. The van der Waals surface area contributed by atoms with Crippen molar-refractivity contribution in [2.45, 2.75) is 146 Å². The number of aromatic hydroxyl groups is 2. The van der Waals surface area contributed by atoms with Crippen LogP contribution in [0.15, 0.2) is 130 Å². The number of thiocarbonyl (C=S) groups is 2. The van der Waals surface area contributed by atoms with Crippen molar-refractivity contribution in [2.24, 2.45) is 21.6 Å². The number of carbonyl (C=O) groups excluding carboxylic acids is 4. The number of rotatable bonds is 15. The van der Waals surface area contributed by atoms with Gasteiger partial charge < -0.3 is 64.4 Å². The topological polar surface area (TPSA) is 403 Å². The summed E-state index contributed by atoms with van der Waals surface area (Å²) in [5.74, 6) is -5.46. The van der Waals surface area contributed by atoms with Crippen molar-refractivity contribution in [1.82, 2.24) is 40.7 Å². The van der Waals surface area contributed by atoms with Gasteiger partial charge in [-0.3, -0.25) is 24.9 Å². The molecule has 0 bridgehead atoms. The highest BCUT2D eigenvalue weighted by atomic mass is 127. The SMILES string of the molecule is CCCN1CCC(C#N)(NC(=O)[C@@H](N)CC(C)(C)C)CC1.CCCN1CCC(C#N)(NC(=O)[C@H](CC(C)(C)C)Nc2nc(=O)oc3cc(F)ccc23)CC1.CCOC(=O)N=C=S.CCOC(=O)NC(=S)c1ccc(O)cc1F.ClC(Cl)(Cl)I.O=c1[nH]c(=S)c2ccc(F)cc2o1.O=c1[nH]c(=S)c2ccc(F)cc2o1.Oc1cccc(F)c1. The van der Waals surface area contributed by atoms with Crippen LogP contribution in [0.4, 0.5) is 37.4 Å². The van der Waals surface area contributed by atoms with E-state index in [-0.39, 0.29) is 83.2 Å². The number of amides is 4. The second-order valence-corrected chi connectivity index (χ2v) is 35.2. The van der Waals surface area contributed by atoms with Crippen LogP contribution in [0.25, 0.3) is 32.9 Å². The minimum Gasteiger partial charge on any atom is -0.508 e. The molecule has 634 valence electrons. The van der Waals surface area contributed by atoms with Crippen molar-refractivity contribution < 1.29 is 74.1 Å². The molecule has 2 aliphatic heterocycles. The molecule has 3 aromatic heterocycles. The van der Waals surface area contributed by atoms with E-state index in [1.165, 1.54) is 66.7 Å². The number of nitrogens with zero attached hydrogens (tertiary/aromatic N) is 6. The number of phenolic OH excluding ortho intramolecular Hbond substituents is 2. The molecule has 10 rings (SSSR count). The van der Waals surface area contributed by atoms with Gasteiger partial charge in [0.15, 0.2) is 0 Å². The van der Waals surface area contributed by atoms with Gasteiger partial charge in [0.05, 0.1) is 52.7 Å². The minimum absolute atomic E-state index is 0.00104. The lowest BCUT2D eigenvalue weighted by atomic mass is 9.85. The highest BCUT2D eigenvalue weighted by molar-refractivity contribution is 14.1. The number of likely N-dealkylation sites (tertiary alicyclic amines) is 2. The average Bonchev–Trinajstić information content (AvgIpc) is 0.802. The zero-order chi connectivity index (χ0) is 88.2. The molecule has 2 saturated heterocycles. The van der Waals surface area contributed by atoms with Gasteiger partial charge in [-0.1, -0.05) is 133 Å². The molecular formula is C77H90Cl3F5IN13O14S4.